The Morgan fingerprint density at radius 1 is 1.06 bits per heavy atom. The number of hydrogen-bond acceptors (Lipinski definition) is 2. The summed E-state index contributed by atoms with van der Waals surface area (Å²) in [6.07, 6.45) is 1.67. The fourth-order valence-electron chi connectivity index (χ4n) is 2.11. The second-order valence-corrected chi connectivity index (χ2v) is 5.74. The zero-order valence-electron chi connectivity index (χ0n) is 10.5. The topological polar surface area (TPSA) is 54.4 Å². The van der Waals surface area contributed by atoms with Crippen molar-refractivity contribution in [1.82, 2.24) is 0 Å². The molecule has 3 nitrogen and oxygen atoms in total. The maximum atomic E-state index is 11.2. The summed E-state index contributed by atoms with van der Waals surface area (Å²) < 4.78 is 31.6. The van der Waals surface area contributed by atoms with E-state index < -0.39 is 10.1 Å². The average molecular weight is 264 g/mol. The monoisotopic (exact) mass is 264 g/mol. The van der Waals surface area contributed by atoms with E-state index in [1.807, 2.05) is 19.1 Å². The van der Waals surface area contributed by atoms with Gasteiger partial charge in [0.1, 0.15) is 0 Å². The Morgan fingerprint density at radius 2 is 1.78 bits per heavy atom. The lowest BCUT2D eigenvalue weighted by Crippen LogP contribution is -2.00. The molecule has 1 N–H and O–H groups in total. The van der Waals surface area contributed by atoms with Crippen molar-refractivity contribution in [3.63, 3.8) is 0 Å². The molecule has 0 radical (unpaired) electrons. The highest BCUT2D eigenvalue weighted by molar-refractivity contribution is 7.85. The number of aryl methyl sites for hydroxylation is 2. The summed E-state index contributed by atoms with van der Waals surface area (Å²) in [5.74, 6) is 0. The van der Waals surface area contributed by atoms with Gasteiger partial charge in [-0.15, -0.1) is 0 Å². The Bertz CT molecular complexity index is 687. The van der Waals surface area contributed by atoms with Gasteiger partial charge in [-0.2, -0.15) is 8.42 Å². The van der Waals surface area contributed by atoms with Gasteiger partial charge in [0, 0.05) is 0 Å². The highest BCUT2D eigenvalue weighted by Crippen LogP contribution is 2.25. The Labute approximate surface area is 107 Å². The van der Waals surface area contributed by atoms with Gasteiger partial charge in [-0.3, -0.25) is 4.55 Å². The number of rotatable bonds is 3. The van der Waals surface area contributed by atoms with E-state index in [4.69, 9.17) is 4.55 Å². The van der Waals surface area contributed by atoms with Crippen LogP contribution < -0.4 is 0 Å². The van der Waals surface area contributed by atoms with Crippen LogP contribution in [0.4, 0.5) is 0 Å². The molecule has 2 aromatic rings. The Balaban J connectivity index is 2.79. The third kappa shape index (κ3) is 2.40. The molecule has 0 fully saturated rings. The Morgan fingerprint density at radius 3 is 2.33 bits per heavy atom. The van der Waals surface area contributed by atoms with Gasteiger partial charge in [-0.05, 0) is 46.9 Å². The lowest BCUT2D eigenvalue weighted by molar-refractivity contribution is 0.483. The van der Waals surface area contributed by atoms with Gasteiger partial charge in [0.25, 0.3) is 10.1 Å². The van der Waals surface area contributed by atoms with Crippen molar-refractivity contribution in [2.45, 2.75) is 31.6 Å². The summed E-state index contributed by atoms with van der Waals surface area (Å²) in [5.41, 5.74) is 2.16. The van der Waals surface area contributed by atoms with Crippen molar-refractivity contribution < 1.29 is 13.0 Å². The fraction of sp³-hybridized carbons (Fsp3) is 0.286. The van der Waals surface area contributed by atoms with Gasteiger partial charge in [0.2, 0.25) is 0 Å². The van der Waals surface area contributed by atoms with Crippen LogP contribution in [-0.2, 0) is 23.0 Å². The van der Waals surface area contributed by atoms with Gasteiger partial charge in [-0.25, -0.2) is 0 Å². The molecule has 2 rings (SSSR count). The summed E-state index contributed by atoms with van der Waals surface area (Å²) in [6.45, 7) is 4.06. The minimum absolute atomic E-state index is 0.0314. The van der Waals surface area contributed by atoms with Gasteiger partial charge in [0.15, 0.2) is 0 Å². The Kier molecular flexibility index (Phi) is 3.41. The first-order chi connectivity index (χ1) is 8.45. The molecule has 0 spiro atoms. The smallest absolute Gasteiger partial charge is 0.282 e. The maximum Gasteiger partial charge on any atom is 0.294 e. The molecule has 0 aliphatic heterocycles. The fourth-order valence-corrected chi connectivity index (χ4v) is 2.68. The molecule has 4 heteroatoms. The van der Waals surface area contributed by atoms with Crippen molar-refractivity contribution in [2.24, 2.45) is 0 Å². The van der Waals surface area contributed by atoms with Crippen molar-refractivity contribution in [1.29, 1.82) is 0 Å². The maximum absolute atomic E-state index is 11.2. The van der Waals surface area contributed by atoms with Crippen LogP contribution >= 0.6 is 0 Å². The number of hydrogen-bond donors (Lipinski definition) is 1. The van der Waals surface area contributed by atoms with Crippen LogP contribution in [0, 0.1) is 0 Å². The quantitative estimate of drug-likeness (QED) is 0.866. The minimum atomic E-state index is -4.14. The summed E-state index contributed by atoms with van der Waals surface area (Å²) >= 11 is 0. The third-order valence-electron chi connectivity index (χ3n) is 3.16. The molecular formula is C14H16O3S. The molecule has 0 unspecified atom stereocenters. The summed E-state index contributed by atoms with van der Waals surface area (Å²) in [7, 11) is -4.14. The largest absolute Gasteiger partial charge is 0.294 e. The normalized spacial score (nSPS) is 11.9. The molecule has 0 aromatic heterocycles. The van der Waals surface area contributed by atoms with Gasteiger partial charge in [-0.1, -0.05) is 32.0 Å². The van der Waals surface area contributed by atoms with Gasteiger partial charge < -0.3 is 0 Å². The first-order valence-corrected chi connectivity index (χ1v) is 7.42. The highest BCUT2D eigenvalue weighted by atomic mass is 32.2. The van der Waals surface area contributed by atoms with Crippen LogP contribution in [0.2, 0.25) is 0 Å². The molecule has 96 valence electrons. The second-order valence-electron chi connectivity index (χ2n) is 4.32. The molecule has 0 amide bonds. The van der Waals surface area contributed by atoms with E-state index in [9.17, 15) is 8.42 Å². The van der Waals surface area contributed by atoms with E-state index in [1.54, 1.807) is 6.07 Å². The van der Waals surface area contributed by atoms with E-state index in [-0.39, 0.29) is 4.90 Å². The first-order valence-electron chi connectivity index (χ1n) is 5.98. The Hall–Kier alpha value is -1.39. The summed E-state index contributed by atoms with van der Waals surface area (Å²) in [5, 5.41) is 1.91. The average Bonchev–Trinajstić information content (AvgIpc) is 2.35. The van der Waals surface area contributed by atoms with Crippen LogP contribution in [0.1, 0.15) is 25.0 Å². The molecule has 2 aromatic carbocycles. The van der Waals surface area contributed by atoms with E-state index in [1.165, 1.54) is 11.6 Å². The lowest BCUT2D eigenvalue weighted by atomic mass is 9.99. The molecule has 0 aliphatic rings. The molecule has 0 atom stereocenters. The van der Waals surface area contributed by atoms with Crippen LogP contribution in [0.5, 0.6) is 0 Å². The van der Waals surface area contributed by atoms with Gasteiger partial charge >= 0.3 is 0 Å². The van der Waals surface area contributed by atoms with E-state index >= 15 is 0 Å². The molecule has 18 heavy (non-hydrogen) atoms. The van der Waals surface area contributed by atoms with Crippen molar-refractivity contribution in [3.05, 3.63) is 41.5 Å². The molecule has 0 bridgehead atoms. The zero-order valence-corrected chi connectivity index (χ0v) is 11.3. The van der Waals surface area contributed by atoms with Crippen LogP contribution in [0.15, 0.2) is 35.2 Å². The predicted molar refractivity (Wildman–Crippen MR) is 72.5 cm³/mol. The number of benzene rings is 2. The van der Waals surface area contributed by atoms with E-state index in [2.05, 4.69) is 13.0 Å². The molecule has 0 saturated carbocycles. The molecule has 0 saturated heterocycles. The molecular weight excluding hydrogens is 248 g/mol. The summed E-state index contributed by atoms with van der Waals surface area (Å²) in [6, 6.07) is 9.04. The first kappa shape index (κ1) is 13.1. The van der Waals surface area contributed by atoms with Gasteiger partial charge in [0.05, 0.1) is 4.90 Å². The lowest BCUT2D eigenvalue weighted by Gasteiger charge is -2.09. The zero-order chi connectivity index (χ0) is 13.3. The van der Waals surface area contributed by atoms with E-state index in [0.29, 0.717) is 0 Å². The highest BCUT2D eigenvalue weighted by Gasteiger charge is 2.12. The van der Waals surface area contributed by atoms with Crippen LogP contribution in [0.3, 0.4) is 0 Å². The second kappa shape index (κ2) is 4.71. The standard InChI is InChI=1S/C14H16O3S/c1-3-10-5-6-12-9-13(18(15,16)17)8-11(4-2)14(12)7-10/h5-9H,3-4H2,1-2H3,(H,15,16,17). The predicted octanol–water partition coefficient (Wildman–Crippen LogP) is 3.21. The van der Waals surface area contributed by atoms with Crippen LogP contribution in [0.25, 0.3) is 10.8 Å². The SMILES string of the molecule is CCc1ccc2cc(S(=O)(=O)O)cc(CC)c2c1. The van der Waals surface area contributed by atoms with Crippen molar-refractivity contribution >= 4 is 20.9 Å². The molecule has 0 aliphatic carbocycles. The summed E-state index contributed by atoms with van der Waals surface area (Å²) in [4.78, 5) is -0.0314. The van der Waals surface area contributed by atoms with Crippen molar-refractivity contribution in [2.75, 3.05) is 0 Å². The van der Waals surface area contributed by atoms with E-state index in [0.717, 1.165) is 29.2 Å². The third-order valence-corrected chi connectivity index (χ3v) is 4.00. The minimum Gasteiger partial charge on any atom is -0.282 e. The number of fused-ring (bicyclic) bond motifs is 1. The van der Waals surface area contributed by atoms with Crippen molar-refractivity contribution in [3.8, 4) is 0 Å². The van der Waals surface area contributed by atoms with Crippen LogP contribution in [-0.4, -0.2) is 13.0 Å². The molecule has 0 heterocycles.